The van der Waals surface area contributed by atoms with Gasteiger partial charge in [0.1, 0.15) is 6.04 Å². The maximum absolute atomic E-state index is 11.9. The first-order chi connectivity index (χ1) is 8.27. The number of rotatable bonds is 3. The van der Waals surface area contributed by atoms with Crippen molar-refractivity contribution in [1.82, 2.24) is 10.6 Å². The lowest BCUT2D eigenvalue weighted by molar-refractivity contribution is -0.131. The largest absolute Gasteiger partial charge is 0.376 e. The normalized spacial score (nSPS) is 32.4. The van der Waals surface area contributed by atoms with Crippen molar-refractivity contribution in [3.63, 3.8) is 0 Å². The Kier molecular flexibility index (Phi) is 6.88. The Bertz CT molecular complexity index is 261. The van der Waals surface area contributed by atoms with Crippen LogP contribution in [-0.4, -0.2) is 63.7 Å². The number of hydrogen-bond donors (Lipinski definition) is 2. The van der Waals surface area contributed by atoms with Crippen molar-refractivity contribution < 1.29 is 19.0 Å². The highest BCUT2D eigenvalue weighted by Gasteiger charge is 2.28. The van der Waals surface area contributed by atoms with Gasteiger partial charge in [0.15, 0.2) is 0 Å². The summed E-state index contributed by atoms with van der Waals surface area (Å²) in [6.07, 6.45) is -0.125. The summed E-state index contributed by atoms with van der Waals surface area (Å²) in [4.78, 5) is 11.9. The highest BCUT2D eigenvalue weighted by Crippen LogP contribution is 2.04. The van der Waals surface area contributed by atoms with Gasteiger partial charge in [-0.2, -0.15) is 0 Å². The van der Waals surface area contributed by atoms with Crippen LogP contribution in [0.4, 0.5) is 0 Å². The zero-order chi connectivity index (χ0) is 12.1. The number of ether oxygens (including phenoxy) is 3. The first-order valence-electron chi connectivity index (χ1n) is 6.09. The van der Waals surface area contributed by atoms with E-state index in [1.807, 2.05) is 6.92 Å². The monoisotopic (exact) mass is 280 g/mol. The van der Waals surface area contributed by atoms with E-state index >= 15 is 0 Å². The number of hydrogen-bond acceptors (Lipinski definition) is 5. The van der Waals surface area contributed by atoms with E-state index in [0.717, 1.165) is 0 Å². The lowest BCUT2D eigenvalue weighted by Gasteiger charge is -2.30. The van der Waals surface area contributed by atoms with Gasteiger partial charge in [0, 0.05) is 13.1 Å². The van der Waals surface area contributed by atoms with Crippen LogP contribution >= 0.6 is 12.4 Å². The second-order valence-electron chi connectivity index (χ2n) is 4.32. The fourth-order valence-corrected chi connectivity index (χ4v) is 2.01. The summed E-state index contributed by atoms with van der Waals surface area (Å²) >= 11 is 0. The summed E-state index contributed by atoms with van der Waals surface area (Å²) < 4.78 is 16.1. The van der Waals surface area contributed by atoms with Gasteiger partial charge in [-0.25, -0.2) is 0 Å². The summed E-state index contributed by atoms with van der Waals surface area (Å²) in [5, 5.41) is 6.01. The van der Waals surface area contributed by atoms with Crippen LogP contribution < -0.4 is 10.6 Å². The van der Waals surface area contributed by atoms with Gasteiger partial charge in [-0.3, -0.25) is 4.79 Å². The Hall–Kier alpha value is -0.400. The van der Waals surface area contributed by atoms with Crippen molar-refractivity contribution in [2.45, 2.75) is 25.2 Å². The number of halogens is 1. The molecule has 0 aromatic carbocycles. The van der Waals surface area contributed by atoms with E-state index in [9.17, 15) is 4.79 Å². The molecular formula is C11H21ClN2O4. The molecule has 6 nitrogen and oxygen atoms in total. The Labute approximate surface area is 113 Å². The maximum Gasteiger partial charge on any atom is 0.239 e. The number of morpholine rings is 1. The molecule has 0 spiro atoms. The van der Waals surface area contributed by atoms with Crippen LogP contribution in [-0.2, 0) is 19.0 Å². The average molecular weight is 281 g/mol. The Balaban J connectivity index is 0.00000162. The summed E-state index contributed by atoms with van der Waals surface area (Å²) in [5.41, 5.74) is 0. The van der Waals surface area contributed by atoms with Gasteiger partial charge in [0.05, 0.1) is 38.6 Å². The molecule has 0 aromatic rings. The second kappa shape index (κ2) is 7.91. The van der Waals surface area contributed by atoms with Crippen LogP contribution in [0.15, 0.2) is 0 Å². The van der Waals surface area contributed by atoms with E-state index in [1.54, 1.807) is 0 Å². The summed E-state index contributed by atoms with van der Waals surface area (Å²) in [6.45, 7) is 5.54. The van der Waals surface area contributed by atoms with Crippen molar-refractivity contribution in [3.05, 3.63) is 0 Å². The van der Waals surface area contributed by atoms with Crippen LogP contribution in [0.25, 0.3) is 0 Å². The molecule has 2 aliphatic rings. The van der Waals surface area contributed by atoms with Gasteiger partial charge in [0.25, 0.3) is 0 Å². The van der Waals surface area contributed by atoms with Crippen molar-refractivity contribution in [3.8, 4) is 0 Å². The molecule has 2 saturated heterocycles. The average Bonchev–Trinajstić information content (AvgIpc) is 2.38. The molecule has 2 rings (SSSR count). The molecule has 106 valence electrons. The molecule has 0 bridgehead atoms. The molecule has 0 aliphatic carbocycles. The van der Waals surface area contributed by atoms with Gasteiger partial charge in [-0.15, -0.1) is 12.4 Å². The highest BCUT2D eigenvalue weighted by atomic mass is 35.5. The molecule has 0 saturated carbocycles. The van der Waals surface area contributed by atoms with Gasteiger partial charge >= 0.3 is 0 Å². The molecule has 2 fully saturated rings. The van der Waals surface area contributed by atoms with Crippen LogP contribution in [0.2, 0.25) is 0 Å². The van der Waals surface area contributed by atoms with Crippen LogP contribution in [0.1, 0.15) is 6.92 Å². The fraction of sp³-hybridized carbons (Fsp3) is 0.909. The van der Waals surface area contributed by atoms with E-state index in [1.165, 1.54) is 0 Å². The molecule has 2 N–H and O–H groups in total. The Morgan fingerprint density at radius 1 is 1.33 bits per heavy atom. The molecule has 2 aliphatic heterocycles. The lowest BCUT2D eigenvalue weighted by Crippen LogP contribution is -2.56. The number of carbonyl (C=O) groups is 1. The predicted octanol–water partition coefficient (Wildman–Crippen LogP) is -0.683. The molecule has 3 atom stereocenters. The van der Waals surface area contributed by atoms with Crippen molar-refractivity contribution >= 4 is 18.3 Å². The molecule has 0 radical (unpaired) electrons. The number of amides is 1. The molecular weight excluding hydrogens is 260 g/mol. The fourth-order valence-electron chi connectivity index (χ4n) is 2.01. The highest BCUT2D eigenvalue weighted by molar-refractivity contribution is 5.85. The third kappa shape index (κ3) is 4.37. The third-order valence-corrected chi connectivity index (χ3v) is 2.99. The topological polar surface area (TPSA) is 68.8 Å². The maximum atomic E-state index is 11.9. The molecule has 18 heavy (non-hydrogen) atoms. The van der Waals surface area contributed by atoms with Crippen LogP contribution in [0, 0.1) is 0 Å². The quantitative estimate of drug-likeness (QED) is 0.717. The SMILES string of the molecule is C[C@H]1OCCN[C@@H]1C(=O)NCC1COCCO1.Cl. The van der Waals surface area contributed by atoms with Crippen molar-refractivity contribution in [2.24, 2.45) is 0 Å². The number of carbonyl (C=O) groups excluding carboxylic acids is 1. The van der Waals surface area contributed by atoms with E-state index in [-0.39, 0.29) is 36.6 Å². The predicted molar refractivity (Wildman–Crippen MR) is 68.0 cm³/mol. The Morgan fingerprint density at radius 2 is 2.17 bits per heavy atom. The minimum absolute atomic E-state index is 0. The van der Waals surface area contributed by atoms with Gasteiger partial charge in [0.2, 0.25) is 5.91 Å². The summed E-state index contributed by atoms with van der Waals surface area (Å²) in [6, 6.07) is -0.270. The van der Waals surface area contributed by atoms with Crippen molar-refractivity contribution in [1.29, 1.82) is 0 Å². The lowest BCUT2D eigenvalue weighted by atomic mass is 10.1. The van der Waals surface area contributed by atoms with E-state index in [0.29, 0.717) is 39.5 Å². The van der Waals surface area contributed by atoms with E-state index in [4.69, 9.17) is 14.2 Å². The van der Waals surface area contributed by atoms with Crippen LogP contribution in [0.3, 0.4) is 0 Å². The Morgan fingerprint density at radius 3 is 2.83 bits per heavy atom. The smallest absolute Gasteiger partial charge is 0.239 e. The van der Waals surface area contributed by atoms with Gasteiger partial charge < -0.3 is 24.8 Å². The minimum Gasteiger partial charge on any atom is -0.376 e. The zero-order valence-electron chi connectivity index (χ0n) is 10.5. The van der Waals surface area contributed by atoms with Gasteiger partial charge in [-0.1, -0.05) is 0 Å². The third-order valence-electron chi connectivity index (χ3n) is 2.99. The second-order valence-corrected chi connectivity index (χ2v) is 4.32. The molecule has 1 amide bonds. The zero-order valence-corrected chi connectivity index (χ0v) is 11.3. The standard InChI is InChI=1S/C11H20N2O4.ClH/c1-8-10(12-2-3-16-8)11(14)13-6-9-7-15-4-5-17-9;/h8-10,12H,2-7H2,1H3,(H,13,14);1H/t8-,9?,10+;/m1./s1. The van der Waals surface area contributed by atoms with Crippen molar-refractivity contribution in [2.75, 3.05) is 39.5 Å². The molecule has 1 unspecified atom stereocenters. The van der Waals surface area contributed by atoms with Crippen LogP contribution in [0.5, 0.6) is 0 Å². The van der Waals surface area contributed by atoms with Gasteiger partial charge in [-0.05, 0) is 6.92 Å². The van der Waals surface area contributed by atoms with E-state index in [2.05, 4.69) is 10.6 Å². The summed E-state index contributed by atoms with van der Waals surface area (Å²) in [5.74, 6) is -0.0358. The molecule has 7 heteroatoms. The minimum atomic E-state index is -0.270. The molecule has 2 heterocycles. The van der Waals surface area contributed by atoms with E-state index < -0.39 is 0 Å². The molecule has 0 aromatic heterocycles. The summed E-state index contributed by atoms with van der Waals surface area (Å²) in [7, 11) is 0. The first-order valence-corrected chi connectivity index (χ1v) is 6.09. The number of nitrogens with one attached hydrogen (secondary N) is 2. The first kappa shape index (κ1) is 15.7.